The van der Waals surface area contributed by atoms with E-state index in [-0.39, 0.29) is 18.6 Å². The number of ether oxygens (including phenoxy) is 2. The van der Waals surface area contributed by atoms with Gasteiger partial charge < -0.3 is 14.4 Å². The first-order valence-electron chi connectivity index (χ1n) is 6.42. The van der Waals surface area contributed by atoms with Crippen molar-refractivity contribution < 1.29 is 14.3 Å². The molecule has 1 amide bonds. The molecule has 6 heteroatoms. The van der Waals surface area contributed by atoms with Crippen molar-refractivity contribution in [1.82, 2.24) is 14.9 Å². The Morgan fingerprint density at radius 1 is 1.47 bits per heavy atom. The quantitative estimate of drug-likeness (QED) is 0.805. The third kappa shape index (κ3) is 3.89. The highest BCUT2D eigenvalue weighted by Crippen LogP contribution is 2.17. The van der Waals surface area contributed by atoms with Crippen LogP contribution in [0.25, 0.3) is 0 Å². The first-order chi connectivity index (χ1) is 9.19. The molecule has 0 unspecified atom stereocenters. The predicted molar refractivity (Wildman–Crippen MR) is 68.9 cm³/mol. The highest BCUT2D eigenvalue weighted by Gasteiger charge is 2.23. The van der Waals surface area contributed by atoms with Crippen LogP contribution in [0.15, 0.2) is 12.3 Å². The molecule has 0 bridgehead atoms. The summed E-state index contributed by atoms with van der Waals surface area (Å²) >= 11 is 0. The van der Waals surface area contributed by atoms with Gasteiger partial charge in [-0.15, -0.1) is 0 Å². The molecule has 1 fully saturated rings. The van der Waals surface area contributed by atoms with E-state index in [1.807, 2.05) is 11.8 Å². The first kappa shape index (κ1) is 13.7. The van der Waals surface area contributed by atoms with Crippen LogP contribution in [0.4, 0.5) is 0 Å². The van der Waals surface area contributed by atoms with Gasteiger partial charge in [-0.1, -0.05) is 0 Å². The van der Waals surface area contributed by atoms with Gasteiger partial charge in [-0.25, -0.2) is 4.98 Å². The molecule has 2 heterocycles. The van der Waals surface area contributed by atoms with Gasteiger partial charge in [-0.3, -0.25) is 4.79 Å². The summed E-state index contributed by atoms with van der Waals surface area (Å²) in [6, 6.07) is 1.76. The second-order valence-electron chi connectivity index (χ2n) is 4.57. The normalized spacial score (nSPS) is 16.4. The Morgan fingerprint density at radius 2 is 2.21 bits per heavy atom. The summed E-state index contributed by atoms with van der Waals surface area (Å²) in [6.07, 6.45) is 3.44. The van der Waals surface area contributed by atoms with Crippen LogP contribution in [-0.2, 0) is 9.53 Å². The molecule has 1 aromatic heterocycles. The average molecular weight is 265 g/mol. The number of carbonyl (C=O) groups is 1. The molecule has 2 rings (SSSR count). The third-order valence-corrected chi connectivity index (χ3v) is 3.10. The SMILES string of the molecule is COCC(=O)N1CCC(Oc2ccnc(C)n2)CC1. The molecule has 104 valence electrons. The molecule has 6 nitrogen and oxygen atoms in total. The van der Waals surface area contributed by atoms with E-state index in [0.717, 1.165) is 12.8 Å². The summed E-state index contributed by atoms with van der Waals surface area (Å²) in [7, 11) is 1.53. The number of amides is 1. The molecular weight excluding hydrogens is 246 g/mol. The zero-order chi connectivity index (χ0) is 13.7. The lowest BCUT2D eigenvalue weighted by atomic mass is 10.1. The maximum Gasteiger partial charge on any atom is 0.248 e. The number of rotatable bonds is 4. The van der Waals surface area contributed by atoms with Crippen LogP contribution < -0.4 is 4.74 Å². The molecule has 0 spiro atoms. The summed E-state index contributed by atoms with van der Waals surface area (Å²) in [6.45, 7) is 3.39. The second-order valence-corrected chi connectivity index (χ2v) is 4.57. The van der Waals surface area contributed by atoms with Gasteiger partial charge in [-0.2, -0.15) is 4.98 Å². The number of piperidine rings is 1. The zero-order valence-electron chi connectivity index (χ0n) is 11.3. The number of nitrogens with zero attached hydrogens (tertiary/aromatic N) is 3. The van der Waals surface area contributed by atoms with E-state index in [1.54, 1.807) is 12.3 Å². The first-order valence-corrected chi connectivity index (χ1v) is 6.42. The number of aryl methyl sites for hydroxylation is 1. The van der Waals surface area contributed by atoms with Gasteiger partial charge in [0.1, 0.15) is 18.5 Å². The number of methoxy groups -OCH3 is 1. The second kappa shape index (κ2) is 6.47. The van der Waals surface area contributed by atoms with Crippen molar-refractivity contribution in [1.29, 1.82) is 0 Å². The molecule has 1 saturated heterocycles. The standard InChI is InChI=1S/C13H19N3O3/c1-10-14-6-3-12(15-10)19-11-4-7-16(8-5-11)13(17)9-18-2/h3,6,11H,4-5,7-9H2,1-2H3. The fraction of sp³-hybridized carbons (Fsp3) is 0.615. The lowest BCUT2D eigenvalue weighted by molar-refractivity contribution is -0.136. The van der Waals surface area contributed by atoms with Crippen LogP contribution in [-0.4, -0.2) is 53.7 Å². The van der Waals surface area contributed by atoms with Gasteiger partial charge in [0.05, 0.1) is 0 Å². The Hall–Kier alpha value is -1.69. The summed E-state index contributed by atoms with van der Waals surface area (Å²) in [5.74, 6) is 1.35. The van der Waals surface area contributed by atoms with Crippen molar-refractivity contribution >= 4 is 5.91 Å². The van der Waals surface area contributed by atoms with E-state index in [0.29, 0.717) is 24.8 Å². The molecule has 0 radical (unpaired) electrons. The lowest BCUT2D eigenvalue weighted by Gasteiger charge is -2.31. The number of aromatic nitrogens is 2. The zero-order valence-corrected chi connectivity index (χ0v) is 11.3. The van der Waals surface area contributed by atoms with E-state index in [1.165, 1.54) is 7.11 Å². The molecule has 0 saturated carbocycles. The summed E-state index contributed by atoms with van der Waals surface area (Å²) < 4.78 is 10.7. The van der Waals surface area contributed by atoms with Crippen molar-refractivity contribution in [3.05, 3.63) is 18.1 Å². The van der Waals surface area contributed by atoms with Crippen LogP contribution in [0.1, 0.15) is 18.7 Å². The summed E-state index contributed by atoms with van der Waals surface area (Å²) in [5, 5.41) is 0. The maximum absolute atomic E-state index is 11.6. The molecule has 1 aliphatic rings. The highest BCUT2D eigenvalue weighted by molar-refractivity contribution is 5.77. The third-order valence-electron chi connectivity index (χ3n) is 3.10. The Bertz CT molecular complexity index is 431. The van der Waals surface area contributed by atoms with Gasteiger partial charge >= 0.3 is 0 Å². The van der Waals surface area contributed by atoms with Gasteiger partial charge in [0, 0.05) is 45.3 Å². The highest BCUT2D eigenvalue weighted by atomic mass is 16.5. The van der Waals surface area contributed by atoms with Crippen molar-refractivity contribution in [3.63, 3.8) is 0 Å². The van der Waals surface area contributed by atoms with Gasteiger partial charge in [-0.05, 0) is 6.92 Å². The monoisotopic (exact) mass is 265 g/mol. The molecular formula is C13H19N3O3. The van der Waals surface area contributed by atoms with Crippen molar-refractivity contribution in [2.45, 2.75) is 25.9 Å². The average Bonchev–Trinajstić information content (AvgIpc) is 2.40. The van der Waals surface area contributed by atoms with E-state index in [4.69, 9.17) is 9.47 Å². The topological polar surface area (TPSA) is 64.5 Å². The smallest absolute Gasteiger partial charge is 0.248 e. The molecule has 0 aromatic carbocycles. The number of hydrogen-bond donors (Lipinski definition) is 0. The van der Waals surface area contributed by atoms with E-state index >= 15 is 0 Å². The van der Waals surface area contributed by atoms with E-state index in [9.17, 15) is 4.79 Å². The Labute approximate surface area is 112 Å². The fourth-order valence-electron chi connectivity index (χ4n) is 2.11. The Kier molecular flexibility index (Phi) is 4.68. The minimum atomic E-state index is 0.0406. The van der Waals surface area contributed by atoms with Crippen LogP contribution in [0.2, 0.25) is 0 Å². The molecule has 1 aliphatic heterocycles. The fourth-order valence-corrected chi connectivity index (χ4v) is 2.11. The summed E-state index contributed by atoms with van der Waals surface area (Å²) in [5.41, 5.74) is 0. The van der Waals surface area contributed by atoms with Crippen LogP contribution in [0, 0.1) is 6.92 Å². The Morgan fingerprint density at radius 3 is 2.84 bits per heavy atom. The minimum absolute atomic E-state index is 0.0406. The summed E-state index contributed by atoms with van der Waals surface area (Å²) in [4.78, 5) is 21.7. The van der Waals surface area contributed by atoms with E-state index in [2.05, 4.69) is 9.97 Å². The molecule has 19 heavy (non-hydrogen) atoms. The van der Waals surface area contributed by atoms with Crippen LogP contribution >= 0.6 is 0 Å². The number of carbonyl (C=O) groups excluding carboxylic acids is 1. The minimum Gasteiger partial charge on any atom is -0.474 e. The molecule has 0 N–H and O–H groups in total. The van der Waals surface area contributed by atoms with Crippen molar-refractivity contribution in [3.8, 4) is 5.88 Å². The van der Waals surface area contributed by atoms with Gasteiger partial charge in [0.2, 0.25) is 11.8 Å². The largest absolute Gasteiger partial charge is 0.474 e. The van der Waals surface area contributed by atoms with Gasteiger partial charge in [0.25, 0.3) is 0 Å². The molecule has 0 atom stereocenters. The molecule has 0 aliphatic carbocycles. The number of likely N-dealkylation sites (tertiary alicyclic amines) is 1. The van der Waals surface area contributed by atoms with Crippen LogP contribution in [0.5, 0.6) is 5.88 Å². The molecule has 1 aromatic rings. The van der Waals surface area contributed by atoms with Crippen LogP contribution in [0.3, 0.4) is 0 Å². The lowest BCUT2D eigenvalue weighted by Crippen LogP contribution is -2.43. The maximum atomic E-state index is 11.6. The predicted octanol–water partition coefficient (Wildman–Crippen LogP) is 0.801. The van der Waals surface area contributed by atoms with Crippen molar-refractivity contribution in [2.75, 3.05) is 26.8 Å². The van der Waals surface area contributed by atoms with E-state index < -0.39 is 0 Å². The Balaban J connectivity index is 1.82. The number of hydrogen-bond acceptors (Lipinski definition) is 5. The van der Waals surface area contributed by atoms with Crippen molar-refractivity contribution in [2.24, 2.45) is 0 Å². The van der Waals surface area contributed by atoms with Gasteiger partial charge in [0.15, 0.2) is 0 Å².